The molecule has 0 saturated heterocycles. The Labute approximate surface area is 182 Å². The molecule has 3 nitrogen and oxygen atoms in total. The van der Waals surface area contributed by atoms with Gasteiger partial charge in [0, 0.05) is 22.6 Å². The van der Waals surface area contributed by atoms with Crippen molar-refractivity contribution >= 4 is 33.8 Å². The van der Waals surface area contributed by atoms with Gasteiger partial charge in [0.15, 0.2) is 0 Å². The molecular weight excluding hydrogens is 407 g/mol. The molecule has 0 spiro atoms. The topological polar surface area (TPSA) is 49.8 Å². The van der Waals surface area contributed by atoms with Crippen molar-refractivity contribution in [3.05, 3.63) is 101 Å². The summed E-state index contributed by atoms with van der Waals surface area (Å²) in [4.78, 5) is 4.67. The lowest BCUT2D eigenvalue weighted by Crippen LogP contribution is -1.83. The first kappa shape index (κ1) is 19.0. The van der Waals surface area contributed by atoms with Crippen LogP contribution in [0.5, 0.6) is 0 Å². The first-order valence-electron chi connectivity index (χ1n) is 9.62. The number of halogens is 1. The van der Waals surface area contributed by atoms with Gasteiger partial charge in [-0.05, 0) is 53.2 Å². The van der Waals surface area contributed by atoms with Crippen LogP contribution in [0.25, 0.3) is 45.0 Å². The number of fused-ring (bicyclic) bond motifs is 1. The maximum absolute atomic E-state index is 13.1. The number of hydrogen-bond acceptors (Lipinski definition) is 4. The summed E-state index contributed by atoms with van der Waals surface area (Å²) in [6.07, 6.45) is 1.68. The van der Waals surface area contributed by atoms with Gasteiger partial charge in [-0.25, -0.2) is 9.37 Å². The third kappa shape index (κ3) is 3.89. The van der Waals surface area contributed by atoms with E-state index in [-0.39, 0.29) is 5.82 Å². The number of aromatic nitrogens is 1. The maximum atomic E-state index is 13.1. The average molecular weight is 422 g/mol. The summed E-state index contributed by atoms with van der Waals surface area (Å²) in [5.74, 6) is 0.853. The molecule has 5 rings (SSSR count). The van der Waals surface area contributed by atoms with Gasteiger partial charge in [-0.1, -0.05) is 36.4 Å². The third-order valence-electron chi connectivity index (χ3n) is 4.94. The summed E-state index contributed by atoms with van der Waals surface area (Å²) >= 11 is 1.42. The van der Waals surface area contributed by atoms with Crippen LogP contribution < -0.4 is 0 Å². The van der Waals surface area contributed by atoms with Crippen LogP contribution in [-0.4, -0.2) is 4.98 Å². The zero-order valence-corrected chi connectivity index (χ0v) is 17.1. The van der Waals surface area contributed by atoms with Crippen molar-refractivity contribution in [3.63, 3.8) is 0 Å². The molecule has 0 amide bonds. The summed E-state index contributed by atoms with van der Waals surface area (Å²) in [6.45, 7) is 0. The van der Waals surface area contributed by atoms with E-state index in [1.807, 2.05) is 23.6 Å². The predicted octanol–water partition coefficient (Wildman–Crippen LogP) is 7.43. The van der Waals surface area contributed by atoms with Gasteiger partial charge in [-0.15, -0.1) is 11.3 Å². The van der Waals surface area contributed by atoms with Crippen molar-refractivity contribution in [1.29, 1.82) is 5.26 Å². The van der Waals surface area contributed by atoms with Crippen LogP contribution >= 0.6 is 11.3 Å². The molecule has 0 fully saturated rings. The first-order chi connectivity index (χ1) is 15.2. The highest BCUT2D eigenvalue weighted by atomic mass is 32.1. The largest absolute Gasteiger partial charge is 0.457 e. The molecule has 5 heteroatoms. The highest BCUT2D eigenvalue weighted by Crippen LogP contribution is 2.30. The van der Waals surface area contributed by atoms with Gasteiger partial charge in [0.2, 0.25) is 0 Å². The Bertz CT molecular complexity index is 1450. The molecule has 148 valence electrons. The number of benzene rings is 3. The van der Waals surface area contributed by atoms with Crippen LogP contribution in [0.2, 0.25) is 0 Å². The predicted molar refractivity (Wildman–Crippen MR) is 123 cm³/mol. The number of hydrogen-bond donors (Lipinski definition) is 0. The van der Waals surface area contributed by atoms with Gasteiger partial charge in [-0.3, -0.25) is 0 Å². The van der Waals surface area contributed by atoms with Crippen molar-refractivity contribution < 1.29 is 8.81 Å². The molecule has 0 aliphatic heterocycles. The molecule has 31 heavy (non-hydrogen) atoms. The second-order valence-electron chi connectivity index (χ2n) is 6.98. The van der Waals surface area contributed by atoms with E-state index in [4.69, 9.17) is 4.42 Å². The lowest BCUT2D eigenvalue weighted by Gasteiger charge is -2.00. The number of nitriles is 1. The Hall–Kier alpha value is -4.01. The van der Waals surface area contributed by atoms with E-state index >= 15 is 0 Å². The summed E-state index contributed by atoms with van der Waals surface area (Å²) in [5.41, 5.74) is 3.04. The minimum Gasteiger partial charge on any atom is -0.457 e. The quantitative estimate of drug-likeness (QED) is 0.283. The standard InChI is InChI=1S/C26H15FN2OS/c27-22-9-7-18(8-10-22)25-12-11-23(30-25)14-21(15-28)26-29-24(16-31-26)20-6-5-17-3-1-2-4-19(17)13-20/h1-14,16H/b21-14+. The number of thiazole rings is 1. The fraction of sp³-hybridized carbons (Fsp3) is 0. The Morgan fingerprint density at radius 1 is 0.935 bits per heavy atom. The van der Waals surface area contributed by atoms with Crippen LogP contribution in [0.1, 0.15) is 10.8 Å². The fourth-order valence-corrected chi connectivity index (χ4v) is 4.16. The highest BCUT2D eigenvalue weighted by Gasteiger charge is 2.11. The molecule has 0 N–H and O–H groups in total. The second kappa shape index (κ2) is 8.02. The smallest absolute Gasteiger partial charge is 0.134 e. The van der Waals surface area contributed by atoms with Gasteiger partial charge >= 0.3 is 0 Å². The van der Waals surface area contributed by atoms with Crippen molar-refractivity contribution in [2.24, 2.45) is 0 Å². The molecule has 0 saturated carbocycles. The Balaban J connectivity index is 1.44. The molecule has 0 bridgehead atoms. The van der Waals surface area contributed by atoms with Gasteiger partial charge in [-0.2, -0.15) is 5.26 Å². The Morgan fingerprint density at radius 3 is 2.52 bits per heavy atom. The SMILES string of the molecule is N#C/C(=C\c1ccc(-c2ccc(F)cc2)o1)c1nc(-c2ccc3ccccc3c2)cs1. The fourth-order valence-electron chi connectivity index (χ4n) is 3.36. The molecule has 5 aromatic rings. The molecule has 2 aromatic heterocycles. The van der Waals surface area contributed by atoms with Gasteiger partial charge < -0.3 is 4.42 Å². The zero-order valence-electron chi connectivity index (χ0n) is 16.2. The van der Waals surface area contributed by atoms with Gasteiger partial charge in [0.25, 0.3) is 0 Å². The average Bonchev–Trinajstić information content (AvgIpc) is 3.48. The lowest BCUT2D eigenvalue weighted by molar-refractivity contribution is 0.571. The molecule has 0 aliphatic rings. The van der Waals surface area contributed by atoms with Gasteiger partial charge in [0.05, 0.1) is 11.3 Å². The van der Waals surface area contributed by atoms with E-state index in [9.17, 15) is 9.65 Å². The summed E-state index contributed by atoms with van der Waals surface area (Å²) in [5, 5.41) is 14.6. The van der Waals surface area contributed by atoms with Crippen LogP contribution in [0, 0.1) is 17.1 Å². The van der Waals surface area contributed by atoms with Crippen LogP contribution in [0.3, 0.4) is 0 Å². The normalized spacial score (nSPS) is 11.5. The van der Waals surface area contributed by atoms with Crippen molar-refractivity contribution in [2.75, 3.05) is 0 Å². The second-order valence-corrected chi connectivity index (χ2v) is 7.84. The lowest BCUT2D eigenvalue weighted by atomic mass is 10.1. The maximum Gasteiger partial charge on any atom is 0.134 e. The van der Waals surface area contributed by atoms with Crippen LogP contribution in [0.15, 0.2) is 88.7 Å². The van der Waals surface area contributed by atoms with Crippen LogP contribution in [0.4, 0.5) is 4.39 Å². The van der Waals surface area contributed by atoms with Crippen molar-refractivity contribution in [1.82, 2.24) is 4.98 Å². The van der Waals surface area contributed by atoms with Crippen molar-refractivity contribution in [3.8, 4) is 28.7 Å². The summed E-state index contributed by atoms with van der Waals surface area (Å²) in [7, 11) is 0. The zero-order chi connectivity index (χ0) is 21.2. The molecular formula is C26H15FN2OS. The van der Waals surface area contributed by atoms with Crippen molar-refractivity contribution in [2.45, 2.75) is 0 Å². The summed E-state index contributed by atoms with van der Waals surface area (Å²) in [6, 6.07) is 26.3. The van der Waals surface area contributed by atoms with E-state index in [1.54, 1.807) is 30.3 Å². The van der Waals surface area contributed by atoms with Gasteiger partial charge in [0.1, 0.15) is 28.4 Å². The Morgan fingerprint density at radius 2 is 1.71 bits per heavy atom. The molecule has 2 heterocycles. The molecule has 3 aromatic carbocycles. The monoisotopic (exact) mass is 422 g/mol. The molecule has 0 aliphatic carbocycles. The summed E-state index contributed by atoms with van der Waals surface area (Å²) < 4.78 is 19.0. The third-order valence-corrected chi connectivity index (χ3v) is 5.82. The number of allylic oxidation sites excluding steroid dienone is 1. The molecule has 0 unspecified atom stereocenters. The van der Waals surface area contributed by atoms with E-state index in [0.29, 0.717) is 22.1 Å². The molecule has 0 atom stereocenters. The number of rotatable bonds is 4. The minimum atomic E-state index is -0.298. The van der Waals surface area contributed by atoms with E-state index in [0.717, 1.165) is 22.2 Å². The number of nitrogens with zero attached hydrogens (tertiary/aromatic N) is 2. The highest BCUT2D eigenvalue weighted by molar-refractivity contribution is 7.11. The van der Waals surface area contributed by atoms with E-state index in [1.165, 1.54) is 28.9 Å². The van der Waals surface area contributed by atoms with Crippen LogP contribution in [-0.2, 0) is 0 Å². The van der Waals surface area contributed by atoms with E-state index in [2.05, 4.69) is 35.3 Å². The van der Waals surface area contributed by atoms with E-state index < -0.39 is 0 Å². The molecule has 0 radical (unpaired) electrons. The Kier molecular flexibility index (Phi) is 4.91. The number of furan rings is 1. The minimum absolute atomic E-state index is 0.298. The first-order valence-corrected chi connectivity index (χ1v) is 10.5.